The van der Waals surface area contributed by atoms with E-state index in [1.165, 1.54) is 24.3 Å². The van der Waals surface area contributed by atoms with Gasteiger partial charge in [-0.3, -0.25) is 0 Å². The van der Waals surface area contributed by atoms with Gasteiger partial charge in [0.1, 0.15) is 39.0 Å². The maximum atomic E-state index is 11.9. The second-order valence-electron chi connectivity index (χ2n) is 5.40. The van der Waals surface area contributed by atoms with Crippen LogP contribution in [0.5, 0.6) is 0 Å². The van der Waals surface area contributed by atoms with Crippen LogP contribution in [0.3, 0.4) is 0 Å². The standard InChI is InChI=1S/C18H22O8/c1-13(23-9-7-19)11-25-17(21)15-3-5-16(6-4-15)18(22)26-12-14(2)24-10-8-20/h3-8,13-14H,9-12H2,1-2H3/t13-,14?/m0/s1. The number of carbonyl (C=O) groups excluding carboxylic acids is 4. The first-order chi connectivity index (χ1) is 12.5. The van der Waals surface area contributed by atoms with Crippen molar-refractivity contribution in [1.82, 2.24) is 0 Å². The third-order valence-corrected chi connectivity index (χ3v) is 3.15. The van der Waals surface area contributed by atoms with E-state index in [4.69, 9.17) is 18.9 Å². The molecular weight excluding hydrogens is 344 g/mol. The maximum Gasteiger partial charge on any atom is 0.338 e. The molecule has 0 saturated heterocycles. The Morgan fingerprint density at radius 2 is 1.15 bits per heavy atom. The van der Waals surface area contributed by atoms with Crippen LogP contribution >= 0.6 is 0 Å². The van der Waals surface area contributed by atoms with Crippen LogP contribution in [0.15, 0.2) is 24.3 Å². The summed E-state index contributed by atoms with van der Waals surface area (Å²) in [5, 5.41) is 0. The van der Waals surface area contributed by atoms with Gasteiger partial charge in [-0.2, -0.15) is 0 Å². The van der Waals surface area contributed by atoms with E-state index in [9.17, 15) is 19.2 Å². The Labute approximate surface area is 151 Å². The van der Waals surface area contributed by atoms with Crippen LogP contribution in [0.1, 0.15) is 34.6 Å². The molecule has 0 heterocycles. The summed E-state index contributed by atoms with van der Waals surface area (Å²) in [6.45, 7) is 3.25. The predicted molar refractivity (Wildman–Crippen MR) is 90.0 cm³/mol. The topological polar surface area (TPSA) is 105 Å². The van der Waals surface area contributed by atoms with Crippen molar-refractivity contribution in [2.24, 2.45) is 0 Å². The van der Waals surface area contributed by atoms with E-state index in [1.807, 2.05) is 0 Å². The largest absolute Gasteiger partial charge is 0.459 e. The van der Waals surface area contributed by atoms with Gasteiger partial charge in [0.05, 0.1) is 23.3 Å². The summed E-state index contributed by atoms with van der Waals surface area (Å²) >= 11 is 0. The highest BCUT2D eigenvalue weighted by Crippen LogP contribution is 2.09. The zero-order chi connectivity index (χ0) is 19.4. The molecule has 1 aromatic carbocycles. The number of ether oxygens (including phenoxy) is 4. The minimum absolute atomic E-state index is 0.00907. The van der Waals surface area contributed by atoms with Gasteiger partial charge < -0.3 is 28.5 Å². The summed E-state index contributed by atoms with van der Waals surface area (Å²) in [4.78, 5) is 44.2. The van der Waals surface area contributed by atoms with Gasteiger partial charge in [-0.1, -0.05) is 0 Å². The summed E-state index contributed by atoms with van der Waals surface area (Å²) in [5.41, 5.74) is 0.540. The Morgan fingerprint density at radius 3 is 1.46 bits per heavy atom. The Kier molecular flexibility index (Phi) is 9.81. The fraction of sp³-hybridized carbons (Fsp3) is 0.444. The van der Waals surface area contributed by atoms with Crippen molar-refractivity contribution in [2.75, 3.05) is 26.4 Å². The molecule has 0 saturated carbocycles. The molecule has 0 spiro atoms. The first kappa shape index (κ1) is 21.5. The number of carbonyl (C=O) groups is 4. The highest BCUT2D eigenvalue weighted by Gasteiger charge is 2.13. The van der Waals surface area contributed by atoms with Gasteiger partial charge in [-0.05, 0) is 38.1 Å². The first-order valence-corrected chi connectivity index (χ1v) is 8.02. The first-order valence-electron chi connectivity index (χ1n) is 8.02. The Hall–Kier alpha value is -2.58. The molecule has 0 fully saturated rings. The third-order valence-electron chi connectivity index (χ3n) is 3.15. The van der Waals surface area contributed by atoms with Crippen molar-refractivity contribution in [1.29, 1.82) is 0 Å². The molecule has 8 heteroatoms. The van der Waals surface area contributed by atoms with Crippen molar-refractivity contribution in [2.45, 2.75) is 26.1 Å². The van der Waals surface area contributed by atoms with E-state index in [1.54, 1.807) is 13.8 Å². The van der Waals surface area contributed by atoms with Crippen molar-refractivity contribution >= 4 is 24.5 Å². The molecular formula is C18H22O8. The molecule has 26 heavy (non-hydrogen) atoms. The van der Waals surface area contributed by atoms with Crippen LogP contribution in [-0.4, -0.2) is 63.1 Å². The minimum Gasteiger partial charge on any atom is -0.459 e. The molecule has 0 aromatic heterocycles. The second kappa shape index (κ2) is 11.9. The van der Waals surface area contributed by atoms with Crippen LogP contribution < -0.4 is 0 Å². The molecule has 2 atom stereocenters. The van der Waals surface area contributed by atoms with E-state index in [2.05, 4.69) is 0 Å². The molecule has 1 aromatic rings. The Balaban J connectivity index is 2.46. The summed E-state index contributed by atoms with van der Waals surface area (Å²) in [5.74, 6) is -1.13. The lowest BCUT2D eigenvalue weighted by Crippen LogP contribution is -2.20. The fourth-order valence-corrected chi connectivity index (χ4v) is 1.80. The number of aldehydes is 2. The SMILES string of the molecule is CC(COC(=O)c1ccc(C(=O)OC[C@H](C)OCC=O)cc1)OCC=O. The van der Waals surface area contributed by atoms with Crippen molar-refractivity contribution in [3.63, 3.8) is 0 Å². The molecule has 0 amide bonds. The lowest BCUT2D eigenvalue weighted by Gasteiger charge is -2.12. The van der Waals surface area contributed by atoms with E-state index in [0.717, 1.165) is 0 Å². The van der Waals surface area contributed by atoms with E-state index < -0.39 is 24.1 Å². The maximum absolute atomic E-state index is 11.9. The van der Waals surface area contributed by atoms with Gasteiger partial charge in [-0.25, -0.2) is 9.59 Å². The summed E-state index contributed by atoms with van der Waals surface area (Å²) in [7, 11) is 0. The third kappa shape index (κ3) is 8.00. The average Bonchev–Trinajstić information content (AvgIpc) is 2.66. The van der Waals surface area contributed by atoms with Gasteiger partial charge in [0, 0.05) is 0 Å². The number of hydrogen-bond donors (Lipinski definition) is 0. The van der Waals surface area contributed by atoms with Crippen LogP contribution in [0.2, 0.25) is 0 Å². The molecule has 1 rings (SSSR count). The quantitative estimate of drug-likeness (QED) is 0.401. The van der Waals surface area contributed by atoms with Crippen LogP contribution in [0.25, 0.3) is 0 Å². The molecule has 0 bridgehead atoms. The number of hydrogen-bond acceptors (Lipinski definition) is 8. The van der Waals surface area contributed by atoms with Crippen molar-refractivity contribution < 1.29 is 38.1 Å². The van der Waals surface area contributed by atoms with E-state index in [0.29, 0.717) is 12.6 Å². The van der Waals surface area contributed by atoms with Crippen LogP contribution in [-0.2, 0) is 28.5 Å². The fourth-order valence-electron chi connectivity index (χ4n) is 1.80. The molecule has 0 radical (unpaired) electrons. The highest BCUT2D eigenvalue weighted by atomic mass is 16.6. The van der Waals surface area contributed by atoms with Gasteiger partial charge in [0.25, 0.3) is 0 Å². The second-order valence-corrected chi connectivity index (χ2v) is 5.40. The molecule has 0 N–H and O–H groups in total. The Morgan fingerprint density at radius 1 is 0.808 bits per heavy atom. The number of benzene rings is 1. The highest BCUT2D eigenvalue weighted by molar-refractivity contribution is 5.93. The Bertz CT molecular complexity index is 543. The number of esters is 2. The summed E-state index contributed by atoms with van der Waals surface area (Å²) in [6.07, 6.45) is 0.431. The van der Waals surface area contributed by atoms with Gasteiger partial charge in [0.2, 0.25) is 0 Å². The van der Waals surface area contributed by atoms with Gasteiger partial charge in [-0.15, -0.1) is 0 Å². The van der Waals surface area contributed by atoms with Crippen LogP contribution in [0.4, 0.5) is 0 Å². The van der Waals surface area contributed by atoms with Gasteiger partial charge >= 0.3 is 11.9 Å². The molecule has 0 aliphatic rings. The lowest BCUT2D eigenvalue weighted by atomic mass is 10.1. The zero-order valence-electron chi connectivity index (χ0n) is 14.7. The van der Waals surface area contributed by atoms with Crippen molar-refractivity contribution in [3.05, 3.63) is 35.4 Å². The molecule has 0 aliphatic carbocycles. The molecule has 8 nitrogen and oxygen atoms in total. The number of rotatable bonds is 12. The predicted octanol–water partition coefficient (Wildman–Crippen LogP) is 1.21. The monoisotopic (exact) mass is 366 g/mol. The van der Waals surface area contributed by atoms with E-state index in [-0.39, 0.29) is 37.6 Å². The molecule has 142 valence electrons. The minimum atomic E-state index is -0.567. The van der Waals surface area contributed by atoms with Gasteiger partial charge in [0.15, 0.2) is 0 Å². The van der Waals surface area contributed by atoms with Crippen molar-refractivity contribution in [3.8, 4) is 0 Å². The smallest absolute Gasteiger partial charge is 0.338 e. The molecule has 0 aliphatic heterocycles. The zero-order valence-corrected chi connectivity index (χ0v) is 14.7. The van der Waals surface area contributed by atoms with E-state index >= 15 is 0 Å². The average molecular weight is 366 g/mol. The normalized spacial score (nSPS) is 12.7. The lowest BCUT2D eigenvalue weighted by molar-refractivity contribution is -0.114. The van der Waals surface area contributed by atoms with Crippen LogP contribution in [0, 0.1) is 0 Å². The summed E-state index contributed by atoms with van der Waals surface area (Å²) in [6, 6.07) is 5.79. The molecule has 1 unspecified atom stereocenters. The summed E-state index contributed by atoms with van der Waals surface area (Å²) < 4.78 is 20.3.